The van der Waals surface area contributed by atoms with Crippen LogP contribution in [0.4, 0.5) is 5.82 Å². The topological polar surface area (TPSA) is 71.2 Å². The molecule has 1 rings (SSSR count). The van der Waals surface area contributed by atoms with Gasteiger partial charge in [0.15, 0.2) is 0 Å². The Kier molecular flexibility index (Phi) is 5.18. The summed E-state index contributed by atoms with van der Waals surface area (Å²) in [7, 11) is 1.99. The van der Waals surface area contributed by atoms with Crippen molar-refractivity contribution in [3.63, 3.8) is 0 Å². The van der Waals surface area contributed by atoms with E-state index in [0.717, 1.165) is 13.1 Å². The first-order valence-corrected chi connectivity index (χ1v) is 5.80. The van der Waals surface area contributed by atoms with Gasteiger partial charge in [-0.3, -0.25) is 4.79 Å². The van der Waals surface area contributed by atoms with E-state index in [1.54, 1.807) is 0 Å². The smallest absolute Gasteiger partial charge is 0.252 e. The van der Waals surface area contributed by atoms with Gasteiger partial charge in [-0.15, -0.1) is 0 Å². The fraction of sp³-hybridized carbons (Fsp3) is 0.455. The third-order valence-corrected chi connectivity index (χ3v) is 2.75. The largest absolute Gasteiger partial charge is 0.382 e. The molecule has 5 nitrogen and oxygen atoms in total. The van der Waals surface area contributed by atoms with Gasteiger partial charge in [-0.05, 0) is 19.7 Å². The second-order valence-corrected chi connectivity index (χ2v) is 4.15. The Hall–Kier alpha value is -1.33. The van der Waals surface area contributed by atoms with E-state index >= 15 is 0 Å². The zero-order valence-corrected chi connectivity index (χ0v) is 10.8. The molecule has 0 fully saturated rings. The van der Waals surface area contributed by atoms with E-state index < -0.39 is 0 Å². The Morgan fingerprint density at radius 2 is 2.35 bits per heavy atom. The van der Waals surface area contributed by atoms with Gasteiger partial charge in [0.05, 0.1) is 10.6 Å². The van der Waals surface area contributed by atoms with E-state index in [-0.39, 0.29) is 11.7 Å². The van der Waals surface area contributed by atoms with E-state index in [1.165, 1.54) is 12.3 Å². The van der Waals surface area contributed by atoms with Gasteiger partial charge in [0.25, 0.3) is 5.91 Å². The SMILES string of the molecule is CCN(C)CCNC(=O)c1cnc(N)c(Cl)c1. The highest BCUT2D eigenvalue weighted by Gasteiger charge is 2.08. The van der Waals surface area contributed by atoms with Crippen LogP contribution in [0.1, 0.15) is 17.3 Å². The molecule has 1 aromatic rings. The lowest BCUT2D eigenvalue weighted by Crippen LogP contribution is -2.32. The summed E-state index contributed by atoms with van der Waals surface area (Å²) in [5.41, 5.74) is 5.89. The Morgan fingerprint density at radius 1 is 1.65 bits per heavy atom. The molecule has 0 unspecified atom stereocenters. The molecule has 17 heavy (non-hydrogen) atoms. The standard InChI is InChI=1S/C11H17ClN4O/c1-3-16(2)5-4-14-11(17)8-6-9(12)10(13)15-7-8/h6-7H,3-5H2,1-2H3,(H2,13,15)(H,14,17). The van der Waals surface area contributed by atoms with Crippen LogP contribution in [-0.4, -0.2) is 42.5 Å². The number of hydrogen-bond donors (Lipinski definition) is 2. The highest BCUT2D eigenvalue weighted by molar-refractivity contribution is 6.33. The van der Waals surface area contributed by atoms with Gasteiger partial charge >= 0.3 is 0 Å². The van der Waals surface area contributed by atoms with Crippen LogP contribution < -0.4 is 11.1 Å². The Morgan fingerprint density at radius 3 is 2.94 bits per heavy atom. The summed E-state index contributed by atoms with van der Waals surface area (Å²) in [5, 5.41) is 3.09. The van der Waals surface area contributed by atoms with Gasteiger partial charge < -0.3 is 16.0 Å². The number of nitrogen functional groups attached to an aromatic ring is 1. The molecular formula is C11H17ClN4O. The summed E-state index contributed by atoms with van der Waals surface area (Å²) in [4.78, 5) is 17.6. The van der Waals surface area contributed by atoms with Crippen LogP contribution >= 0.6 is 11.6 Å². The number of rotatable bonds is 5. The average Bonchev–Trinajstić information content (AvgIpc) is 2.32. The number of carbonyl (C=O) groups excluding carboxylic acids is 1. The predicted octanol–water partition coefficient (Wildman–Crippen LogP) is 0.999. The van der Waals surface area contributed by atoms with Crippen molar-refractivity contribution < 1.29 is 4.79 Å². The van der Waals surface area contributed by atoms with Gasteiger partial charge in [0.1, 0.15) is 5.82 Å². The normalized spacial score (nSPS) is 10.6. The molecule has 0 aliphatic rings. The molecule has 94 valence electrons. The first-order valence-electron chi connectivity index (χ1n) is 5.42. The van der Waals surface area contributed by atoms with Crippen molar-refractivity contribution in [1.82, 2.24) is 15.2 Å². The molecule has 0 aromatic carbocycles. The summed E-state index contributed by atoms with van der Waals surface area (Å²) in [6.45, 7) is 4.40. The number of likely N-dealkylation sites (N-methyl/N-ethyl adjacent to an activating group) is 1. The lowest BCUT2D eigenvalue weighted by Gasteiger charge is -2.13. The average molecular weight is 257 g/mol. The lowest BCUT2D eigenvalue weighted by atomic mass is 10.2. The van der Waals surface area contributed by atoms with Crippen LogP contribution in [0.3, 0.4) is 0 Å². The van der Waals surface area contributed by atoms with Crippen molar-refractivity contribution in [1.29, 1.82) is 0 Å². The molecule has 0 aliphatic carbocycles. The number of halogens is 1. The molecule has 0 atom stereocenters. The maximum Gasteiger partial charge on any atom is 0.252 e. The first-order chi connectivity index (χ1) is 8.04. The molecule has 0 radical (unpaired) electrons. The van der Waals surface area contributed by atoms with Crippen LogP contribution in [0.15, 0.2) is 12.3 Å². The summed E-state index contributed by atoms with van der Waals surface area (Å²) in [5.74, 6) is 0.0397. The zero-order valence-electron chi connectivity index (χ0n) is 10.0. The molecule has 1 aromatic heterocycles. The zero-order chi connectivity index (χ0) is 12.8. The van der Waals surface area contributed by atoms with Crippen LogP contribution in [0.25, 0.3) is 0 Å². The van der Waals surface area contributed by atoms with Gasteiger partial charge in [-0.25, -0.2) is 4.98 Å². The van der Waals surface area contributed by atoms with Gasteiger partial charge in [-0.2, -0.15) is 0 Å². The molecule has 0 saturated heterocycles. The number of hydrogen-bond acceptors (Lipinski definition) is 4. The van der Waals surface area contributed by atoms with Crippen molar-refractivity contribution in [2.24, 2.45) is 0 Å². The highest BCUT2D eigenvalue weighted by atomic mass is 35.5. The van der Waals surface area contributed by atoms with Gasteiger partial charge in [0, 0.05) is 19.3 Å². The molecule has 6 heteroatoms. The maximum absolute atomic E-state index is 11.7. The molecule has 0 saturated carbocycles. The number of pyridine rings is 1. The quantitative estimate of drug-likeness (QED) is 0.825. The number of nitrogens with two attached hydrogens (primary N) is 1. The minimum Gasteiger partial charge on any atom is -0.382 e. The van der Waals surface area contributed by atoms with Crippen molar-refractivity contribution in [3.05, 3.63) is 22.8 Å². The molecule has 0 bridgehead atoms. The van der Waals surface area contributed by atoms with Crippen LogP contribution in [0.2, 0.25) is 5.02 Å². The summed E-state index contributed by atoms with van der Waals surface area (Å²) in [6, 6.07) is 1.52. The van der Waals surface area contributed by atoms with Crippen LogP contribution in [0.5, 0.6) is 0 Å². The van der Waals surface area contributed by atoms with E-state index in [1.807, 2.05) is 7.05 Å². The van der Waals surface area contributed by atoms with Crippen LogP contribution in [0, 0.1) is 0 Å². The van der Waals surface area contributed by atoms with E-state index in [4.69, 9.17) is 17.3 Å². The Bertz CT molecular complexity index is 397. The predicted molar refractivity (Wildman–Crippen MR) is 69.2 cm³/mol. The lowest BCUT2D eigenvalue weighted by molar-refractivity contribution is 0.0950. The Balaban J connectivity index is 2.50. The van der Waals surface area contributed by atoms with Crippen molar-refractivity contribution in [2.45, 2.75) is 6.92 Å². The molecule has 0 spiro atoms. The molecule has 1 amide bonds. The number of nitrogens with zero attached hydrogens (tertiary/aromatic N) is 2. The second-order valence-electron chi connectivity index (χ2n) is 3.74. The van der Waals surface area contributed by atoms with E-state index in [2.05, 4.69) is 22.1 Å². The molecule has 0 aliphatic heterocycles. The van der Waals surface area contributed by atoms with Crippen molar-refractivity contribution in [2.75, 3.05) is 32.4 Å². The van der Waals surface area contributed by atoms with Gasteiger partial charge in [-0.1, -0.05) is 18.5 Å². The summed E-state index contributed by atoms with van der Waals surface area (Å²) in [6.07, 6.45) is 1.42. The molecular weight excluding hydrogens is 240 g/mol. The fourth-order valence-corrected chi connectivity index (χ4v) is 1.36. The first kappa shape index (κ1) is 13.7. The van der Waals surface area contributed by atoms with Crippen LogP contribution in [-0.2, 0) is 0 Å². The van der Waals surface area contributed by atoms with E-state index in [9.17, 15) is 4.79 Å². The van der Waals surface area contributed by atoms with Crippen molar-refractivity contribution >= 4 is 23.3 Å². The third-order valence-electron chi connectivity index (χ3n) is 2.45. The Labute approximate surface area is 106 Å². The third kappa shape index (κ3) is 4.20. The van der Waals surface area contributed by atoms with Crippen molar-refractivity contribution in [3.8, 4) is 0 Å². The summed E-state index contributed by atoms with van der Waals surface area (Å²) < 4.78 is 0. The highest BCUT2D eigenvalue weighted by Crippen LogP contribution is 2.16. The maximum atomic E-state index is 11.7. The second kappa shape index (κ2) is 6.42. The number of aromatic nitrogens is 1. The van der Waals surface area contributed by atoms with E-state index in [0.29, 0.717) is 17.1 Å². The monoisotopic (exact) mass is 256 g/mol. The number of amides is 1. The number of nitrogens with one attached hydrogen (secondary N) is 1. The van der Waals surface area contributed by atoms with Gasteiger partial charge in [0.2, 0.25) is 0 Å². The fourth-order valence-electron chi connectivity index (χ4n) is 1.19. The number of carbonyl (C=O) groups is 1. The molecule has 3 N–H and O–H groups in total. The minimum atomic E-state index is -0.191. The molecule has 1 heterocycles. The number of anilines is 1. The minimum absolute atomic E-state index is 0.191. The summed E-state index contributed by atoms with van der Waals surface area (Å²) >= 11 is 5.79.